The molecule has 2 heteroatoms. The van der Waals surface area contributed by atoms with E-state index in [2.05, 4.69) is 12.1 Å². The van der Waals surface area contributed by atoms with Crippen LogP contribution in [0.25, 0.3) is 0 Å². The summed E-state index contributed by atoms with van der Waals surface area (Å²) < 4.78 is 18.6. The van der Waals surface area contributed by atoms with Crippen LogP contribution in [0, 0.1) is 12.7 Å². The number of benzene rings is 2. The molecule has 18 heavy (non-hydrogen) atoms. The summed E-state index contributed by atoms with van der Waals surface area (Å²) in [6, 6.07) is 15.2. The third-order valence-electron chi connectivity index (χ3n) is 2.85. The van der Waals surface area contributed by atoms with Gasteiger partial charge >= 0.3 is 0 Å². The summed E-state index contributed by atoms with van der Waals surface area (Å²) in [7, 11) is 0. The van der Waals surface area contributed by atoms with Crippen molar-refractivity contribution in [3.63, 3.8) is 0 Å². The minimum atomic E-state index is -0.188. The van der Waals surface area contributed by atoms with Crippen LogP contribution in [0.15, 0.2) is 48.5 Å². The summed E-state index contributed by atoms with van der Waals surface area (Å²) >= 11 is 0. The minimum Gasteiger partial charge on any atom is -0.494 e. The second kappa shape index (κ2) is 6.20. The van der Waals surface area contributed by atoms with Gasteiger partial charge in [0.2, 0.25) is 0 Å². The molecule has 0 saturated heterocycles. The standard InChI is InChI=1S/C16H17FO/c1-13-12-15(9-10-16(13)17)18-11-5-8-14-6-3-2-4-7-14/h2-4,6-7,9-10,12H,5,8,11H2,1H3. The first-order valence-corrected chi connectivity index (χ1v) is 6.18. The van der Waals surface area contributed by atoms with Gasteiger partial charge in [-0.1, -0.05) is 30.3 Å². The maximum absolute atomic E-state index is 13.1. The van der Waals surface area contributed by atoms with Crippen LogP contribution in [0.3, 0.4) is 0 Å². The molecule has 0 aliphatic rings. The summed E-state index contributed by atoms with van der Waals surface area (Å²) in [4.78, 5) is 0. The molecule has 0 spiro atoms. The molecule has 0 amide bonds. The van der Waals surface area contributed by atoms with Crippen LogP contribution in [0.5, 0.6) is 5.75 Å². The van der Waals surface area contributed by atoms with Crippen molar-refractivity contribution >= 4 is 0 Å². The van der Waals surface area contributed by atoms with Crippen LogP contribution < -0.4 is 4.74 Å². The van der Waals surface area contributed by atoms with Gasteiger partial charge in [0, 0.05) is 0 Å². The maximum Gasteiger partial charge on any atom is 0.126 e. The molecule has 0 aliphatic carbocycles. The molecule has 2 aromatic rings. The lowest BCUT2D eigenvalue weighted by Crippen LogP contribution is -1.99. The fourth-order valence-corrected chi connectivity index (χ4v) is 1.82. The maximum atomic E-state index is 13.1. The number of rotatable bonds is 5. The summed E-state index contributed by atoms with van der Waals surface area (Å²) in [6.45, 7) is 2.39. The van der Waals surface area contributed by atoms with Crippen LogP contribution >= 0.6 is 0 Å². The van der Waals surface area contributed by atoms with Gasteiger partial charge in [-0.3, -0.25) is 0 Å². The summed E-state index contributed by atoms with van der Waals surface area (Å²) in [6.07, 6.45) is 1.96. The topological polar surface area (TPSA) is 9.23 Å². The number of aryl methyl sites for hydroxylation is 2. The van der Waals surface area contributed by atoms with E-state index in [1.54, 1.807) is 19.1 Å². The van der Waals surface area contributed by atoms with E-state index in [1.165, 1.54) is 11.6 Å². The molecule has 0 heterocycles. The molecule has 0 aromatic heterocycles. The monoisotopic (exact) mass is 244 g/mol. The van der Waals surface area contributed by atoms with E-state index in [-0.39, 0.29) is 5.82 Å². The van der Waals surface area contributed by atoms with Gasteiger partial charge in [-0.25, -0.2) is 4.39 Å². The van der Waals surface area contributed by atoms with Gasteiger partial charge in [0.15, 0.2) is 0 Å². The Labute approximate surface area is 107 Å². The number of hydrogen-bond acceptors (Lipinski definition) is 1. The Morgan fingerprint density at radius 3 is 2.56 bits per heavy atom. The molecule has 1 nitrogen and oxygen atoms in total. The highest BCUT2D eigenvalue weighted by atomic mass is 19.1. The first-order chi connectivity index (χ1) is 8.75. The van der Waals surface area contributed by atoms with Crippen molar-refractivity contribution in [3.8, 4) is 5.75 Å². The van der Waals surface area contributed by atoms with Crippen LogP contribution in [0.1, 0.15) is 17.5 Å². The van der Waals surface area contributed by atoms with Crippen molar-refractivity contribution in [3.05, 3.63) is 65.5 Å². The highest BCUT2D eigenvalue weighted by Gasteiger charge is 1.99. The van der Waals surface area contributed by atoms with Crippen LogP contribution in [0.4, 0.5) is 4.39 Å². The minimum absolute atomic E-state index is 0.188. The Kier molecular flexibility index (Phi) is 4.35. The lowest BCUT2D eigenvalue weighted by Gasteiger charge is -2.07. The first-order valence-electron chi connectivity index (χ1n) is 6.18. The number of hydrogen-bond donors (Lipinski definition) is 0. The van der Waals surface area contributed by atoms with Gasteiger partial charge in [0.1, 0.15) is 11.6 Å². The second-order valence-corrected chi connectivity index (χ2v) is 4.35. The molecule has 2 rings (SSSR count). The quantitative estimate of drug-likeness (QED) is 0.718. The van der Waals surface area contributed by atoms with E-state index in [4.69, 9.17) is 4.74 Å². The Balaban J connectivity index is 1.77. The third-order valence-corrected chi connectivity index (χ3v) is 2.85. The molecular formula is C16H17FO. The number of ether oxygens (including phenoxy) is 1. The van der Waals surface area contributed by atoms with Crippen molar-refractivity contribution in [2.24, 2.45) is 0 Å². The zero-order valence-electron chi connectivity index (χ0n) is 10.5. The molecule has 0 saturated carbocycles. The predicted molar refractivity (Wildman–Crippen MR) is 71.4 cm³/mol. The second-order valence-electron chi connectivity index (χ2n) is 4.35. The van der Waals surface area contributed by atoms with E-state index >= 15 is 0 Å². The van der Waals surface area contributed by atoms with Crippen molar-refractivity contribution < 1.29 is 9.13 Å². The highest BCUT2D eigenvalue weighted by Crippen LogP contribution is 2.16. The molecule has 0 unspecified atom stereocenters. The van der Waals surface area contributed by atoms with Crippen molar-refractivity contribution in [1.82, 2.24) is 0 Å². The molecule has 0 atom stereocenters. The van der Waals surface area contributed by atoms with Gasteiger partial charge in [0.05, 0.1) is 6.61 Å². The average Bonchev–Trinajstić information content (AvgIpc) is 2.40. The lowest BCUT2D eigenvalue weighted by molar-refractivity contribution is 0.310. The van der Waals surface area contributed by atoms with E-state index in [0.717, 1.165) is 18.6 Å². The van der Waals surface area contributed by atoms with Gasteiger partial charge in [-0.05, 0) is 49.1 Å². The van der Waals surface area contributed by atoms with Gasteiger partial charge in [0.25, 0.3) is 0 Å². The normalized spacial score (nSPS) is 10.3. The van der Waals surface area contributed by atoms with Crippen LogP contribution in [-0.4, -0.2) is 6.61 Å². The Bertz CT molecular complexity index is 494. The summed E-state index contributed by atoms with van der Waals surface area (Å²) in [5, 5.41) is 0. The molecule has 0 fully saturated rings. The van der Waals surface area contributed by atoms with Crippen LogP contribution in [0.2, 0.25) is 0 Å². The van der Waals surface area contributed by atoms with E-state index in [9.17, 15) is 4.39 Å². The zero-order valence-corrected chi connectivity index (χ0v) is 10.5. The van der Waals surface area contributed by atoms with Crippen molar-refractivity contribution in [2.75, 3.05) is 6.61 Å². The van der Waals surface area contributed by atoms with Gasteiger partial charge in [-0.2, -0.15) is 0 Å². The van der Waals surface area contributed by atoms with Gasteiger partial charge < -0.3 is 4.74 Å². The summed E-state index contributed by atoms with van der Waals surface area (Å²) in [5.74, 6) is 0.550. The largest absolute Gasteiger partial charge is 0.494 e. The Morgan fingerprint density at radius 1 is 1.06 bits per heavy atom. The molecule has 0 radical (unpaired) electrons. The van der Waals surface area contributed by atoms with Crippen LogP contribution in [-0.2, 0) is 6.42 Å². The zero-order chi connectivity index (χ0) is 12.8. The fourth-order valence-electron chi connectivity index (χ4n) is 1.82. The third kappa shape index (κ3) is 3.59. The van der Waals surface area contributed by atoms with Crippen molar-refractivity contribution in [2.45, 2.75) is 19.8 Å². The van der Waals surface area contributed by atoms with Gasteiger partial charge in [-0.15, -0.1) is 0 Å². The lowest BCUT2D eigenvalue weighted by atomic mass is 10.1. The van der Waals surface area contributed by atoms with E-state index in [0.29, 0.717) is 12.2 Å². The molecule has 2 aromatic carbocycles. The van der Waals surface area contributed by atoms with Crippen molar-refractivity contribution in [1.29, 1.82) is 0 Å². The molecule has 0 aliphatic heterocycles. The molecule has 0 N–H and O–H groups in total. The average molecular weight is 244 g/mol. The molecule has 0 bridgehead atoms. The fraction of sp³-hybridized carbons (Fsp3) is 0.250. The summed E-state index contributed by atoms with van der Waals surface area (Å²) in [5.41, 5.74) is 1.94. The smallest absolute Gasteiger partial charge is 0.126 e. The molecular weight excluding hydrogens is 227 g/mol. The Hall–Kier alpha value is -1.83. The molecule has 94 valence electrons. The number of halogens is 1. The predicted octanol–water partition coefficient (Wildman–Crippen LogP) is 4.15. The van der Waals surface area contributed by atoms with E-state index < -0.39 is 0 Å². The Morgan fingerprint density at radius 2 is 1.83 bits per heavy atom. The SMILES string of the molecule is Cc1cc(OCCCc2ccccc2)ccc1F. The first kappa shape index (κ1) is 12.6. The van der Waals surface area contributed by atoms with E-state index in [1.807, 2.05) is 18.2 Å². The highest BCUT2D eigenvalue weighted by molar-refractivity contribution is 5.28.